The van der Waals surface area contributed by atoms with Gasteiger partial charge in [0.25, 0.3) is 0 Å². The highest BCUT2D eigenvalue weighted by Gasteiger charge is 2.43. The number of hydrogen-bond acceptors (Lipinski definition) is 3. The van der Waals surface area contributed by atoms with E-state index in [4.69, 9.17) is 5.73 Å². The third-order valence-electron chi connectivity index (χ3n) is 5.96. The fourth-order valence-electron chi connectivity index (χ4n) is 4.48. The molecule has 2 saturated heterocycles. The highest BCUT2D eigenvalue weighted by atomic mass is 32.2. The zero-order valence-corrected chi connectivity index (χ0v) is 12.4. The average molecular weight is 268 g/mol. The summed E-state index contributed by atoms with van der Waals surface area (Å²) in [6.45, 7) is 3.52. The normalized spacial score (nSPS) is 31.8. The number of thioether (sulfide) groups is 1. The minimum Gasteiger partial charge on any atom is -0.329 e. The highest BCUT2D eigenvalue weighted by Crippen LogP contribution is 2.47. The Morgan fingerprint density at radius 2 is 1.50 bits per heavy atom. The van der Waals surface area contributed by atoms with Gasteiger partial charge in [-0.3, -0.25) is 4.90 Å². The van der Waals surface area contributed by atoms with Crippen LogP contribution in [0.2, 0.25) is 0 Å². The smallest absolute Gasteiger partial charge is 0.0347 e. The molecule has 0 aromatic carbocycles. The molecule has 0 atom stereocenters. The molecule has 3 aliphatic rings. The third-order valence-corrected chi connectivity index (χ3v) is 6.95. The molecule has 0 aromatic rings. The molecule has 1 saturated carbocycles. The lowest BCUT2D eigenvalue weighted by Gasteiger charge is -2.51. The average Bonchev–Trinajstić information content (AvgIpc) is 2.89. The minimum absolute atomic E-state index is 0.367. The van der Waals surface area contributed by atoms with E-state index < -0.39 is 0 Å². The molecule has 104 valence electrons. The summed E-state index contributed by atoms with van der Waals surface area (Å²) in [5.74, 6) is 2.64. The molecule has 3 heteroatoms. The quantitative estimate of drug-likeness (QED) is 0.835. The molecular weight excluding hydrogens is 240 g/mol. The van der Waals surface area contributed by atoms with Gasteiger partial charge in [-0.2, -0.15) is 11.8 Å². The zero-order valence-electron chi connectivity index (χ0n) is 11.6. The van der Waals surface area contributed by atoms with Crippen molar-refractivity contribution in [2.45, 2.75) is 56.9 Å². The number of nitrogens with zero attached hydrogens (tertiary/aromatic N) is 1. The lowest BCUT2D eigenvalue weighted by Crippen LogP contribution is -2.59. The Labute approximate surface area is 116 Å². The molecule has 2 nitrogen and oxygen atoms in total. The number of likely N-dealkylation sites (tertiary alicyclic amines) is 1. The first-order valence-corrected chi connectivity index (χ1v) is 8.97. The van der Waals surface area contributed by atoms with Gasteiger partial charge in [-0.25, -0.2) is 0 Å². The van der Waals surface area contributed by atoms with E-state index in [1.807, 2.05) is 0 Å². The van der Waals surface area contributed by atoms with Crippen LogP contribution < -0.4 is 5.73 Å². The van der Waals surface area contributed by atoms with Crippen LogP contribution >= 0.6 is 11.8 Å². The van der Waals surface area contributed by atoms with Crippen molar-refractivity contribution >= 4 is 11.8 Å². The first kappa shape index (κ1) is 13.3. The van der Waals surface area contributed by atoms with Crippen LogP contribution in [0.1, 0.15) is 51.4 Å². The lowest BCUT2D eigenvalue weighted by atomic mass is 9.75. The van der Waals surface area contributed by atoms with Crippen molar-refractivity contribution in [3.8, 4) is 0 Å². The van der Waals surface area contributed by atoms with E-state index in [1.54, 1.807) is 0 Å². The van der Waals surface area contributed by atoms with Crippen LogP contribution in [0, 0.1) is 5.41 Å². The van der Waals surface area contributed by atoms with Gasteiger partial charge in [0, 0.05) is 12.1 Å². The van der Waals surface area contributed by atoms with Gasteiger partial charge in [0.1, 0.15) is 0 Å². The predicted molar refractivity (Wildman–Crippen MR) is 80.1 cm³/mol. The molecular formula is C15H28N2S. The van der Waals surface area contributed by atoms with Crippen molar-refractivity contribution in [2.24, 2.45) is 11.1 Å². The summed E-state index contributed by atoms with van der Waals surface area (Å²) in [4.78, 5) is 2.77. The summed E-state index contributed by atoms with van der Waals surface area (Å²) in [5.41, 5.74) is 7.28. The number of hydrogen-bond donors (Lipinski definition) is 1. The Balaban J connectivity index is 1.63. The number of nitrogens with two attached hydrogens (primary N) is 1. The molecule has 1 spiro atoms. The van der Waals surface area contributed by atoms with E-state index in [9.17, 15) is 0 Å². The van der Waals surface area contributed by atoms with Crippen LogP contribution in [0.3, 0.4) is 0 Å². The first-order valence-electron chi connectivity index (χ1n) is 7.82. The maximum absolute atomic E-state index is 6.16. The maximum atomic E-state index is 6.16. The van der Waals surface area contributed by atoms with Gasteiger partial charge in [0.2, 0.25) is 0 Å². The molecule has 2 heterocycles. The van der Waals surface area contributed by atoms with Crippen molar-refractivity contribution in [3.63, 3.8) is 0 Å². The maximum Gasteiger partial charge on any atom is 0.0347 e. The summed E-state index contributed by atoms with van der Waals surface area (Å²) in [7, 11) is 0. The lowest BCUT2D eigenvalue weighted by molar-refractivity contribution is 0.0169. The molecule has 18 heavy (non-hydrogen) atoms. The molecule has 0 amide bonds. The van der Waals surface area contributed by atoms with Crippen LogP contribution in [0.25, 0.3) is 0 Å². The van der Waals surface area contributed by atoms with Crippen molar-refractivity contribution in [1.29, 1.82) is 0 Å². The topological polar surface area (TPSA) is 29.3 Å². The molecule has 3 rings (SSSR count). The van der Waals surface area contributed by atoms with Crippen molar-refractivity contribution < 1.29 is 0 Å². The summed E-state index contributed by atoms with van der Waals surface area (Å²) in [6.07, 6.45) is 11.5. The second-order valence-corrected chi connectivity index (χ2v) is 7.96. The number of piperidine rings is 1. The highest BCUT2D eigenvalue weighted by molar-refractivity contribution is 7.99. The van der Waals surface area contributed by atoms with Crippen LogP contribution in [0.5, 0.6) is 0 Å². The monoisotopic (exact) mass is 268 g/mol. The molecule has 0 radical (unpaired) electrons. The summed E-state index contributed by atoms with van der Waals surface area (Å²) < 4.78 is 0. The van der Waals surface area contributed by atoms with Crippen molar-refractivity contribution in [1.82, 2.24) is 4.90 Å². The first-order chi connectivity index (χ1) is 8.79. The van der Waals surface area contributed by atoms with Crippen LogP contribution in [-0.4, -0.2) is 41.6 Å². The van der Waals surface area contributed by atoms with Gasteiger partial charge in [-0.05, 0) is 68.5 Å². The molecule has 3 fully saturated rings. The molecule has 1 aliphatic carbocycles. The Morgan fingerprint density at radius 1 is 0.889 bits per heavy atom. The Kier molecular flexibility index (Phi) is 3.93. The third kappa shape index (κ3) is 2.34. The van der Waals surface area contributed by atoms with E-state index in [1.165, 1.54) is 76.0 Å². The standard InChI is InChI=1S/C15H28N2S/c16-13-15(7-11-18-12-8-15)17-9-5-14(6-10-17)3-1-2-4-14/h1-13,16H2. The van der Waals surface area contributed by atoms with Crippen LogP contribution in [0.4, 0.5) is 0 Å². The van der Waals surface area contributed by atoms with Gasteiger partial charge >= 0.3 is 0 Å². The number of rotatable bonds is 2. The Hall–Kier alpha value is 0.270. The molecule has 0 bridgehead atoms. The van der Waals surface area contributed by atoms with Crippen LogP contribution in [-0.2, 0) is 0 Å². The van der Waals surface area contributed by atoms with Crippen LogP contribution in [0.15, 0.2) is 0 Å². The second kappa shape index (κ2) is 5.34. The van der Waals surface area contributed by atoms with Crippen molar-refractivity contribution in [3.05, 3.63) is 0 Å². The van der Waals surface area contributed by atoms with Gasteiger partial charge < -0.3 is 5.73 Å². The molecule has 0 unspecified atom stereocenters. The zero-order chi connectivity index (χ0) is 12.5. The van der Waals surface area contributed by atoms with E-state index in [0.29, 0.717) is 5.54 Å². The fraction of sp³-hybridized carbons (Fsp3) is 1.00. The van der Waals surface area contributed by atoms with E-state index in [0.717, 1.165) is 12.0 Å². The molecule has 0 aromatic heterocycles. The second-order valence-electron chi connectivity index (χ2n) is 6.73. The van der Waals surface area contributed by atoms with Gasteiger partial charge in [0.15, 0.2) is 0 Å². The fourth-order valence-corrected chi connectivity index (χ4v) is 5.73. The Morgan fingerprint density at radius 3 is 2.06 bits per heavy atom. The summed E-state index contributed by atoms with van der Waals surface area (Å²) in [5, 5.41) is 0. The molecule has 2 N–H and O–H groups in total. The molecule has 2 aliphatic heterocycles. The van der Waals surface area contributed by atoms with Gasteiger partial charge in [0.05, 0.1) is 0 Å². The Bertz CT molecular complexity index is 270. The van der Waals surface area contributed by atoms with E-state index in [2.05, 4.69) is 16.7 Å². The van der Waals surface area contributed by atoms with Gasteiger partial charge in [-0.1, -0.05) is 12.8 Å². The van der Waals surface area contributed by atoms with E-state index >= 15 is 0 Å². The largest absolute Gasteiger partial charge is 0.329 e. The van der Waals surface area contributed by atoms with Gasteiger partial charge in [-0.15, -0.1) is 0 Å². The summed E-state index contributed by atoms with van der Waals surface area (Å²) in [6, 6.07) is 0. The summed E-state index contributed by atoms with van der Waals surface area (Å²) >= 11 is 2.11. The minimum atomic E-state index is 0.367. The predicted octanol–water partition coefficient (Wildman–Crippen LogP) is 2.87. The SMILES string of the molecule is NCC1(N2CCC3(CCCC3)CC2)CCSCC1. The van der Waals surface area contributed by atoms with Crippen molar-refractivity contribution in [2.75, 3.05) is 31.1 Å². The van der Waals surface area contributed by atoms with E-state index in [-0.39, 0.29) is 0 Å².